The van der Waals surface area contributed by atoms with Crippen LogP contribution in [0.2, 0.25) is 5.02 Å². The second-order valence-electron chi connectivity index (χ2n) is 6.43. The molecule has 1 aliphatic rings. The van der Waals surface area contributed by atoms with Crippen LogP contribution >= 0.6 is 11.6 Å². The number of benzene rings is 1. The third-order valence-electron chi connectivity index (χ3n) is 3.84. The molecule has 0 spiro atoms. The Morgan fingerprint density at radius 2 is 1.92 bits per heavy atom. The van der Waals surface area contributed by atoms with Crippen LogP contribution in [0.5, 0.6) is 0 Å². The van der Waals surface area contributed by atoms with Crippen LogP contribution in [0.3, 0.4) is 0 Å². The number of halogens is 1. The number of rotatable bonds is 5. The van der Waals surface area contributed by atoms with Gasteiger partial charge in [-0.05, 0) is 32.0 Å². The predicted octanol–water partition coefficient (Wildman–Crippen LogP) is 1.64. The maximum absolute atomic E-state index is 12.3. The quantitative estimate of drug-likeness (QED) is 0.828. The Morgan fingerprint density at radius 1 is 1.32 bits per heavy atom. The molecule has 0 bridgehead atoms. The summed E-state index contributed by atoms with van der Waals surface area (Å²) in [5.41, 5.74) is 0.393. The van der Waals surface area contributed by atoms with Crippen molar-refractivity contribution >= 4 is 33.2 Å². The highest BCUT2D eigenvalue weighted by Crippen LogP contribution is 2.26. The van der Waals surface area contributed by atoms with E-state index in [9.17, 15) is 13.2 Å². The van der Waals surface area contributed by atoms with Crippen LogP contribution < -0.4 is 5.32 Å². The number of carbonyl (C=O) groups is 1. The number of amides is 1. The zero-order valence-electron chi connectivity index (χ0n) is 14.8. The minimum Gasteiger partial charge on any atom is -0.373 e. The van der Waals surface area contributed by atoms with E-state index in [-0.39, 0.29) is 34.6 Å². The minimum absolute atomic E-state index is 0.0365. The largest absolute Gasteiger partial charge is 0.373 e. The molecule has 2 rings (SSSR count). The van der Waals surface area contributed by atoms with Crippen molar-refractivity contribution in [1.29, 1.82) is 0 Å². The number of hydrogen-bond donors (Lipinski definition) is 1. The van der Waals surface area contributed by atoms with Gasteiger partial charge in [0.25, 0.3) is 0 Å². The topological polar surface area (TPSA) is 79.0 Å². The van der Waals surface area contributed by atoms with E-state index >= 15 is 0 Å². The summed E-state index contributed by atoms with van der Waals surface area (Å²) in [6, 6.07) is 4.42. The second kappa shape index (κ2) is 8.01. The van der Waals surface area contributed by atoms with Crippen LogP contribution in [0.1, 0.15) is 13.8 Å². The zero-order valence-corrected chi connectivity index (χ0v) is 16.4. The van der Waals surface area contributed by atoms with Gasteiger partial charge in [-0.25, -0.2) is 12.7 Å². The van der Waals surface area contributed by atoms with Crippen molar-refractivity contribution in [2.24, 2.45) is 0 Å². The predicted molar refractivity (Wildman–Crippen MR) is 97.4 cm³/mol. The molecule has 1 heterocycles. The molecule has 25 heavy (non-hydrogen) atoms. The maximum atomic E-state index is 12.3. The van der Waals surface area contributed by atoms with Crippen molar-refractivity contribution < 1.29 is 17.9 Å². The van der Waals surface area contributed by atoms with E-state index in [4.69, 9.17) is 16.3 Å². The minimum atomic E-state index is -3.68. The fourth-order valence-corrected chi connectivity index (χ4v) is 4.19. The number of morpholine rings is 1. The molecule has 0 unspecified atom stereocenters. The number of sulfonamides is 1. The zero-order chi connectivity index (χ0) is 18.8. The van der Waals surface area contributed by atoms with Gasteiger partial charge in [0.1, 0.15) is 4.90 Å². The van der Waals surface area contributed by atoms with Crippen molar-refractivity contribution in [3.8, 4) is 0 Å². The Hall–Kier alpha value is -1.19. The first-order valence-electron chi connectivity index (χ1n) is 7.99. The van der Waals surface area contributed by atoms with Gasteiger partial charge in [-0.2, -0.15) is 0 Å². The molecule has 1 aliphatic heterocycles. The summed E-state index contributed by atoms with van der Waals surface area (Å²) in [5, 5.41) is 2.85. The number of nitrogens with one attached hydrogen (secondary N) is 1. The number of carbonyl (C=O) groups excluding carboxylic acids is 1. The average molecular weight is 390 g/mol. The summed E-state index contributed by atoms with van der Waals surface area (Å²) in [6.07, 6.45) is 0.146. The lowest BCUT2D eigenvalue weighted by Crippen LogP contribution is -2.48. The van der Waals surface area contributed by atoms with Gasteiger partial charge in [-0.1, -0.05) is 11.6 Å². The van der Waals surface area contributed by atoms with Gasteiger partial charge < -0.3 is 10.1 Å². The average Bonchev–Trinajstić information content (AvgIpc) is 2.47. The fourth-order valence-electron chi connectivity index (χ4n) is 2.79. The van der Waals surface area contributed by atoms with Crippen molar-refractivity contribution in [3.63, 3.8) is 0 Å². The van der Waals surface area contributed by atoms with Gasteiger partial charge in [0.2, 0.25) is 15.9 Å². The van der Waals surface area contributed by atoms with Crippen molar-refractivity contribution in [3.05, 3.63) is 23.2 Å². The molecule has 1 amide bonds. The molecule has 7 nitrogen and oxygen atoms in total. The summed E-state index contributed by atoms with van der Waals surface area (Å²) in [6.45, 7) is 5.52. The molecule has 140 valence electrons. The summed E-state index contributed by atoms with van der Waals surface area (Å²) in [4.78, 5) is 14.3. The van der Waals surface area contributed by atoms with Crippen molar-refractivity contribution in [1.82, 2.24) is 9.21 Å². The molecular formula is C16H24ClN3O4S. The Labute approximate surface area is 153 Å². The lowest BCUT2D eigenvalue weighted by molar-refractivity contribution is -0.121. The van der Waals surface area contributed by atoms with E-state index in [1.807, 2.05) is 18.7 Å². The Kier molecular flexibility index (Phi) is 6.45. The van der Waals surface area contributed by atoms with Gasteiger partial charge in [-0.15, -0.1) is 0 Å². The number of ether oxygens (including phenoxy) is 1. The summed E-state index contributed by atoms with van der Waals surface area (Å²) in [7, 11) is -0.828. The van der Waals surface area contributed by atoms with Crippen LogP contribution in [0, 0.1) is 0 Å². The standard InChI is InChI=1S/C16H24ClN3O4S/c1-11-8-20(9-12(2)24-11)10-16(21)18-13-5-6-14(17)15(7-13)25(22,23)19(3)4/h5-7,11-12H,8-10H2,1-4H3,(H,18,21)/t11-,12-/m0/s1. The third-order valence-corrected chi connectivity index (χ3v) is 6.13. The van der Waals surface area contributed by atoms with E-state index in [2.05, 4.69) is 5.32 Å². The number of hydrogen-bond acceptors (Lipinski definition) is 5. The van der Waals surface area contributed by atoms with Crippen LogP contribution in [-0.4, -0.2) is 69.5 Å². The number of nitrogens with zero attached hydrogens (tertiary/aromatic N) is 2. The maximum Gasteiger partial charge on any atom is 0.244 e. The summed E-state index contributed by atoms with van der Waals surface area (Å²) < 4.78 is 31.3. The molecule has 1 aromatic carbocycles. The Morgan fingerprint density at radius 3 is 2.48 bits per heavy atom. The van der Waals surface area contributed by atoms with E-state index in [0.717, 1.165) is 4.31 Å². The van der Waals surface area contributed by atoms with E-state index in [0.29, 0.717) is 18.8 Å². The van der Waals surface area contributed by atoms with Crippen molar-refractivity contribution in [2.75, 3.05) is 39.0 Å². The van der Waals surface area contributed by atoms with Gasteiger partial charge in [-0.3, -0.25) is 9.69 Å². The third kappa shape index (κ3) is 5.15. The summed E-state index contributed by atoms with van der Waals surface area (Å²) >= 11 is 6.01. The molecular weight excluding hydrogens is 366 g/mol. The molecule has 1 N–H and O–H groups in total. The van der Waals surface area contributed by atoms with Crippen molar-refractivity contribution in [2.45, 2.75) is 31.0 Å². The normalized spacial score (nSPS) is 22.2. The van der Waals surface area contributed by atoms with Crippen LogP contribution in [0.25, 0.3) is 0 Å². The smallest absolute Gasteiger partial charge is 0.244 e. The Bertz CT molecular complexity index is 729. The lowest BCUT2D eigenvalue weighted by atomic mass is 10.2. The molecule has 9 heteroatoms. The molecule has 2 atom stereocenters. The fraction of sp³-hybridized carbons (Fsp3) is 0.562. The molecule has 0 aromatic heterocycles. The van der Waals surface area contributed by atoms with Crippen LogP contribution in [-0.2, 0) is 19.6 Å². The summed E-state index contributed by atoms with van der Waals surface area (Å²) in [5.74, 6) is -0.211. The molecule has 1 fully saturated rings. The number of anilines is 1. The highest BCUT2D eigenvalue weighted by atomic mass is 35.5. The van der Waals surface area contributed by atoms with Gasteiger partial charge >= 0.3 is 0 Å². The molecule has 1 aromatic rings. The lowest BCUT2D eigenvalue weighted by Gasteiger charge is -2.34. The first-order valence-corrected chi connectivity index (χ1v) is 9.81. The van der Waals surface area contributed by atoms with Gasteiger partial charge in [0.15, 0.2) is 0 Å². The molecule has 0 saturated carbocycles. The molecule has 0 radical (unpaired) electrons. The first kappa shape index (κ1) is 20.1. The van der Waals surface area contributed by atoms with E-state index < -0.39 is 10.0 Å². The van der Waals surface area contributed by atoms with Gasteiger partial charge in [0.05, 0.1) is 23.8 Å². The van der Waals surface area contributed by atoms with Gasteiger partial charge in [0, 0.05) is 32.9 Å². The molecule has 0 aliphatic carbocycles. The highest BCUT2D eigenvalue weighted by molar-refractivity contribution is 7.89. The second-order valence-corrected chi connectivity index (χ2v) is 8.96. The van der Waals surface area contributed by atoms with E-state index in [1.54, 1.807) is 6.07 Å². The highest BCUT2D eigenvalue weighted by Gasteiger charge is 2.24. The Balaban J connectivity index is 2.09. The van der Waals surface area contributed by atoms with E-state index in [1.165, 1.54) is 26.2 Å². The monoisotopic (exact) mass is 389 g/mol. The van der Waals surface area contributed by atoms with Crippen LogP contribution in [0.4, 0.5) is 5.69 Å². The first-order chi connectivity index (χ1) is 11.6. The molecule has 1 saturated heterocycles. The van der Waals surface area contributed by atoms with Crippen LogP contribution in [0.15, 0.2) is 23.1 Å². The SMILES string of the molecule is C[C@H]1CN(CC(=O)Nc2ccc(Cl)c(S(=O)(=O)N(C)C)c2)C[C@H](C)O1.